The van der Waals surface area contributed by atoms with Crippen molar-refractivity contribution in [3.63, 3.8) is 0 Å². The second-order valence-electron chi connectivity index (χ2n) is 4.33. The van der Waals surface area contributed by atoms with E-state index in [2.05, 4.69) is 5.32 Å². The molecule has 1 amide bonds. The number of methoxy groups -OCH3 is 1. The van der Waals surface area contributed by atoms with E-state index in [4.69, 9.17) is 9.47 Å². The molecule has 0 heterocycles. The van der Waals surface area contributed by atoms with Crippen molar-refractivity contribution in [1.29, 1.82) is 0 Å². The average Bonchev–Trinajstić information content (AvgIpc) is 2.46. The molecular formula is C14H17F2NO4. The van der Waals surface area contributed by atoms with Gasteiger partial charge in [0.05, 0.1) is 0 Å². The van der Waals surface area contributed by atoms with Crippen LogP contribution < -0.4 is 10.1 Å². The Hall–Kier alpha value is -2.02. The highest BCUT2D eigenvalue weighted by molar-refractivity contribution is 5.80. The first-order valence-electron chi connectivity index (χ1n) is 6.37. The summed E-state index contributed by atoms with van der Waals surface area (Å²) in [5, 5.41) is 2.55. The van der Waals surface area contributed by atoms with Gasteiger partial charge in [-0.2, -0.15) is 0 Å². The summed E-state index contributed by atoms with van der Waals surface area (Å²) in [5.41, 5.74) is -0.144. The van der Waals surface area contributed by atoms with E-state index in [0.717, 1.165) is 12.1 Å². The Morgan fingerprint density at radius 2 is 2.00 bits per heavy atom. The van der Waals surface area contributed by atoms with Gasteiger partial charge in [0.2, 0.25) is 0 Å². The maximum Gasteiger partial charge on any atom is 0.260 e. The first kappa shape index (κ1) is 17.0. The minimum Gasteiger partial charge on any atom is -0.475 e. The van der Waals surface area contributed by atoms with E-state index < -0.39 is 29.4 Å². The molecule has 0 fully saturated rings. The van der Waals surface area contributed by atoms with Crippen LogP contribution in [-0.4, -0.2) is 38.6 Å². The predicted octanol–water partition coefficient (Wildman–Crippen LogP) is 1.70. The summed E-state index contributed by atoms with van der Waals surface area (Å²) in [6, 6.07) is 1.68. The molecule has 0 aromatic heterocycles. The molecule has 1 rings (SSSR count). The van der Waals surface area contributed by atoms with Crippen LogP contribution in [0.15, 0.2) is 12.1 Å². The Balaban J connectivity index is 2.64. The molecule has 0 aliphatic carbocycles. The van der Waals surface area contributed by atoms with Gasteiger partial charge in [-0.05, 0) is 25.5 Å². The van der Waals surface area contributed by atoms with Crippen LogP contribution in [0.4, 0.5) is 8.78 Å². The van der Waals surface area contributed by atoms with Gasteiger partial charge in [-0.25, -0.2) is 8.78 Å². The van der Waals surface area contributed by atoms with Crippen LogP contribution in [0.3, 0.4) is 0 Å². The summed E-state index contributed by atoms with van der Waals surface area (Å²) in [6.07, 6.45) is -0.133. The van der Waals surface area contributed by atoms with E-state index in [1.165, 1.54) is 6.92 Å². The molecule has 0 saturated carbocycles. The van der Waals surface area contributed by atoms with Gasteiger partial charge in [-0.3, -0.25) is 9.59 Å². The molecule has 0 bridgehead atoms. The first-order chi connectivity index (χ1) is 9.99. The summed E-state index contributed by atoms with van der Waals surface area (Å²) in [6.45, 7) is 2.24. The van der Waals surface area contributed by atoms with Gasteiger partial charge in [0.15, 0.2) is 23.5 Å². The standard InChI is InChI=1S/C14H17F2NO4/c1-9(14(19)17-4-3-5-20-2)21-13-11(15)6-10(8-18)7-12(13)16/h6-9H,3-5H2,1-2H3,(H,17,19). The predicted molar refractivity (Wildman–Crippen MR) is 71.3 cm³/mol. The van der Waals surface area contributed by atoms with Gasteiger partial charge in [0.25, 0.3) is 5.91 Å². The number of hydrogen-bond acceptors (Lipinski definition) is 4. The number of aldehydes is 1. The van der Waals surface area contributed by atoms with E-state index in [0.29, 0.717) is 25.9 Å². The van der Waals surface area contributed by atoms with Crippen molar-refractivity contribution < 1.29 is 27.8 Å². The highest BCUT2D eigenvalue weighted by Gasteiger charge is 2.20. The van der Waals surface area contributed by atoms with Gasteiger partial charge in [-0.15, -0.1) is 0 Å². The molecule has 1 unspecified atom stereocenters. The molecule has 1 N–H and O–H groups in total. The van der Waals surface area contributed by atoms with Crippen molar-refractivity contribution in [3.8, 4) is 5.75 Å². The van der Waals surface area contributed by atoms with Crippen molar-refractivity contribution in [2.75, 3.05) is 20.3 Å². The van der Waals surface area contributed by atoms with Gasteiger partial charge in [0, 0.05) is 25.8 Å². The van der Waals surface area contributed by atoms with Crippen molar-refractivity contribution >= 4 is 12.2 Å². The quantitative estimate of drug-likeness (QED) is 0.586. The number of benzene rings is 1. The minimum atomic E-state index is -1.07. The average molecular weight is 301 g/mol. The first-order valence-corrected chi connectivity index (χ1v) is 6.37. The zero-order valence-corrected chi connectivity index (χ0v) is 11.8. The fraction of sp³-hybridized carbons (Fsp3) is 0.429. The highest BCUT2D eigenvalue weighted by Crippen LogP contribution is 2.23. The summed E-state index contributed by atoms with van der Waals surface area (Å²) in [7, 11) is 1.54. The van der Waals surface area contributed by atoms with Crippen LogP contribution in [0.25, 0.3) is 0 Å². The maximum absolute atomic E-state index is 13.6. The van der Waals surface area contributed by atoms with Crippen LogP contribution in [0.5, 0.6) is 5.75 Å². The highest BCUT2D eigenvalue weighted by atomic mass is 19.1. The lowest BCUT2D eigenvalue weighted by Crippen LogP contribution is -2.37. The minimum absolute atomic E-state index is 0.144. The van der Waals surface area contributed by atoms with Crippen molar-refractivity contribution in [3.05, 3.63) is 29.3 Å². The van der Waals surface area contributed by atoms with Crippen LogP contribution in [0.1, 0.15) is 23.7 Å². The topological polar surface area (TPSA) is 64.6 Å². The van der Waals surface area contributed by atoms with E-state index in [1.807, 2.05) is 0 Å². The van der Waals surface area contributed by atoms with Crippen molar-refractivity contribution in [2.45, 2.75) is 19.4 Å². The van der Waals surface area contributed by atoms with E-state index in [9.17, 15) is 18.4 Å². The molecule has 1 atom stereocenters. The van der Waals surface area contributed by atoms with Gasteiger partial charge < -0.3 is 14.8 Å². The Morgan fingerprint density at radius 3 is 2.52 bits per heavy atom. The molecule has 0 saturated heterocycles. The lowest BCUT2D eigenvalue weighted by molar-refractivity contribution is -0.127. The Bertz CT molecular complexity index is 485. The normalized spacial score (nSPS) is 11.8. The number of carbonyl (C=O) groups is 2. The number of halogens is 2. The fourth-order valence-corrected chi connectivity index (χ4v) is 1.56. The van der Waals surface area contributed by atoms with Crippen molar-refractivity contribution in [2.24, 2.45) is 0 Å². The molecule has 5 nitrogen and oxygen atoms in total. The Labute approximate surface area is 121 Å². The summed E-state index contributed by atoms with van der Waals surface area (Å²) in [4.78, 5) is 22.2. The molecule has 7 heteroatoms. The monoisotopic (exact) mass is 301 g/mol. The molecule has 116 valence electrons. The maximum atomic E-state index is 13.6. The van der Waals surface area contributed by atoms with Crippen molar-refractivity contribution in [1.82, 2.24) is 5.32 Å². The van der Waals surface area contributed by atoms with Crippen LogP contribution in [-0.2, 0) is 9.53 Å². The smallest absolute Gasteiger partial charge is 0.260 e. The third-order valence-corrected chi connectivity index (χ3v) is 2.65. The molecule has 0 spiro atoms. The van der Waals surface area contributed by atoms with Crippen LogP contribution in [0.2, 0.25) is 0 Å². The molecule has 0 aliphatic heterocycles. The van der Waals surface area contributed by atoms with Gasteiger partial charge in [-0.1, -0.05) is 0 Å². The van der Waals surface area contributed by atoms with Crippen LogP contribution >= 0.6 is 0 Å². The summed E-state index contributed by atoms with van der Waals surface area (Å²) in [5.74, 6) is -3.24. The second-order valence-corrected chi connectivity index (χ2v) is 4.33. The second kappa shape index (κ2) is 8.31. The van der Waals surface area contributed by atoms with E-state index in [-0.39, 0.29) is 5.56 Å². The number of carbonyl (C=O) groups excluding carboxylic acids is 2. The number of amides is 1. The number of ether oxygens (including phenoxy) is 2. The lowest BCUT2D eigenvalue weighted by Gasteiger charge is -2.15. The van der Waals surface area contributed by atoms with E-state index >= 15 is 0 Å². The third-order valence-electron chi connectivity index (χ3n) is 2.65. The molecule has 0 aliphatic rings. The lowest BCUT2D eigenvalue weighted by atomic mass is 10.2. The third kappa shape index (κ3) is 5.11. The SMILES string of the molecule is COCCCNC(=O)C(C)Oc1c(F)cc(C=O)cc1F. The van der Waals surface area contributed by atoms with Gasteiger partial charge in [0.1, 0.15) is 6.29 Å². The fourth-order valence-electron chi connectivity index (χ4n) is 1.56. The molecule has 1 aromatic carbocycles. The zero-order valence-electron chi connectivity index (χ0n) is 11.8. The molecule has 21 heavy (non-hydrogen) atoms. The zero-order chi connectivity index (χ0) is 15.8. The van der Waals surface area contributed by atoms with Crippen LogP contribution in [0, 0.1) is 11.6 Å². The Kier molecular flexibility index (Phi) is 6.74. The summed E-state index contributed by atoms with van der Waals surface area (Å²) >= 11 is 0. The Morgan fingerprint density at radius 1 is 1.38 bits per heavy atom. The number of hydrogen-bond donors (Lipinski definition) is 1. The summed E-state index contributed by atoms with van der Waals surface area (Å²) < 4.78 is 37.0. The number of nitrogens with one attached hydrogen (secondary N) is 1. The number of rotatable bonds is 8. The largest absolute Gasteiger partial charge is 0.475 e. The molecule has 1 aromatic rings. The molecular weight excluding hydrogens is 284 g/mol. The van der Waals surface area contributed by atoms with E-state index in [1.54, 1.807) is 7.11 Å². The van der Waals surface area contributed by atoms with Gasteiger partial charge >= 0.3 is 0 Å². The molecule has 0 radical (unpaired) electrons.